The lowest BCUT2D eigenvalue weighted by Crippen LogP contribution is -2.20. The van der Waals surface area contributed by atoms with Crippen molar-refractivity contribution in [2.45, 2.75) is 13.8 Å². The van der Waals surface area contributed by atoms with Crippen LogP contribution in [0.1, 0.15) is 16.7 Å². The number of aliphatic imine (C=N–C) groups is 1. The molecule has 0 spiro atoms. The summed E-state index contributed by atoms with van der Waals surface area (Å²) in [6, 6.07) is 12.8. The Balaban J connectivity index is 2.37. The van der Waals surface area contributed by atoms with E-state index in [0.717, 1.165) is 11.1 Å². The highest BCUT2D eigenvalue weighted by atomic mass is 16.3. The largest absolute Gasteiger partial charge is 0.494 e. The first kappa shape index (κ1) is 16.9. The molecule has 128 valence electrons. The molecular weight excluding hydrogens is 316 g/mol. The number of aliphatic hydroxyl groups excluding tert-OH is 1. The van der Waals surface area contributed by atoms with Crippen molar-refractivity contribution < 1.29 is 10.2 Å². The van der Waals surface area contributed by atoms with Crippen molar-refractivity contribution in [1.29, 1.82) is 0 Å². The molecule has 0 amide bonds. The van der Waals surface area contributed by atoms with Crippen molar-refractivity contribution >= 4 is 17.0 Å². The number of aryl methyl sites for hydroxylation is 2. The summed E-state index contributed by atoms with van der Waals surface area (Å²) in [6.45, 7) is 4.05. The number of nitrogens with zero attached hydrogens (tertiary/aromatic N) is 2. The Morgan fingerprint density at radius 1 is 1.08 bits per heavy atom. The van der Waals surface area contributed by atoms with Gasteiger partial charge in [0.15, 0.2) is 0 Å². The van der Waals surface area contributed by atoms with Crippen LogP contribution in [-0.2, 0) is 0 Å². The summed E-state index contributed by atoms with van der Waals surface area (Å²) in [6.07, 6.45) is 1.51. The molecule has 5 heteroatoms. The third-order valence-corrected chi connectivity index (χ3v) is 4.02. The average molecular weight is 336 g/mol. The molecule has 3 rings (SSSR count). The first-order valence-corrected chi connectivity index (χ1v) is 8.09. The highest BCUT2D eigenvalue weighted by Crippen LogP contribution is 2.26. The molecule has 0 bridgehead atoms. The van der Waals surface area contributed by atoms with Crippen molar-refractivity contribution in [3.8, 4) is 11.6 Å². The van der Waals surface area contributed by atoms with E-state index in [1.54, 1.807) is 18.2 Å². The van der Waals surface area contributed by atoms with E-state index in [4.69, 9.17) is 5.11 Å². The first-order valence-electron chi connectivity index (χ1n) is 8.09. The Morgan fingerprint density at radius 3 is 2.36 bits per heavy atom. The second-order valence-corrected chi connectivity index (χ2v) is 6.03. The summed E-state index contributed by atoms with van der Waals surface area (Å²) in [5.41, 5.74) is 2.80. The zero-order chi connectivity index (χ0) is 18.0. The van der Waals surface area contributed by atoms with Crippen LogP contribution < -0.4 is 5.56 Å². The van der Waals surface area contributed by atoms with Crippen LogP contribution in [0.4, 0.5) is 0 Å². The highest BCUT2D eigenvalue weighted by molar-refractivity contribution is 6.01. The van der Waals surface area contributed by atoms with E-state index in [1.807, 2.05) is 38.1 Å². The molecule has 0 aliphatic carbocycles. The standard InChI is InChI=1S/C20H20N2O3/c1-13-9-14(2)11-15(10-13)22-19(24)17-6-4-3-5-16(17)18(20(22)25)12-21-7-8-23/h3-6,9-12,23,25H,7-8H2,1-2H3. The summed E-state index contributed by atoms with van der Waals surface area (Å²) >= 11 is 0. The van der Waals surface area contributed by atoms with Gasteiger partial charge in [-0.15, -0.1) is 0 Å². The molecule has 2 aromatic carbocycles. The van der Waals surface area contributed by atoms with Gasteiger partial charge in [-0.1, -0.05) is 24.3 Å². The minimum Gasteiger partial charge on any atom is -0.494 e. The third kappa shape index (κ3) is 3.19. The Hall–Kier alpha value is -2.92. The molecule has 0 atom stereocenters. The lowest BCUT2D eigenvalue weighted by Gasteiger charge is -2.14. The van der Waals surface area contributed by atoms with Gasteiger partial charge in [0.05, 0.1) is 24.4 Å². The van der Waals surface area contributed by atoms with Gasteiger partial charge in [0.1, 0.15) is 0 Å². The van der Waals surface area contributed by atoms with Gasteiger partial charge < -0.3 is 10.2 Å². The molecule has 1 aromatic heterocycles. The smallest absolute Gasteiger partial charge is 0.265 e. The Labute approximate surface area is 145 Å². The van der Waals surface area contributed by atoms with Gasteiger partial charge in [0.2, 0.25) is 5.88 Å². The summed E-state index contributed by atoms with van der Waals surface area (Å²) in [5.74, 6) is -0.157. The first-order chi connectivity index (χ1) is 12.0. The summed E-state index contributed by atoms with van der Waals surface area (Å²) in [5, 5.41) is 20.9. The molecule has 0 aliphatic heterocycles. The number of rotatable bonds is 4. The van der Waals surface area contributed by atoms with Crippen LogP contribution in [0, 0.1) is 13.8 Å². The number of hydrogen-bond donors (Lipinski definition) is 2. The van der Waals surface area contributed by atoms with Crippen LogP contribution in [-0.4, -0.2) is 34.1 Å². The second kappa shape index (κ2) is 6.91. The molecule has 3 aromatic rings. The van der Waals surface area contributed by atoms with E-state index in [9.17, 15) is 9.90 Å². The van der Waals surface area contributed by atoms with Gasteiger partial charge >= 0.3 is 0 Å². The molecule has 0 radical (unpaired) electrons. The molecule has 0 unspecified atom stereocenters. The maximum absolute atomic E-state index is 13.0. The van der Waals surface area contributed by atoms with E-state index in [0.29, 0.717) is 22.0 Å². The van der Waals surface area contributed by atoms with Crippen molar-refractivity contribution in [2.24, 2.45) is 4.99 Å². The minimum atomic E-state index is -0.280. The maximum atomic E-state index is 13.0. The second-order valence-electron chi connectivity index (χ2n) is 6.03. The molecule has 0 saturated heterocycles. The van der Waals surface area contributed by atoms with E-state index < -0.39 is 0 Å². The highest BCUT2D eigenvalue weighted by Gasteiger charge is 2.16. The Morgan fingerprint density at radius 2 is 1.72 bits per heavy atom. The van der Waals surface area contributed by atoms with Crippen molar-refractivity contribution in [3.63, 3.8) is 0 Å². The molecule has 2 N–H and O–H groups in total. The zero-order valence-electron chi connectivity index (χ0n) is 14.2. The van der Waals surface area contributed by atoms with Gasteiger partial charge in [0, 0.05) is 17.0 Å². The number of aliphatic hydroxyl groups is 1. The molecule has 0 saturated carbocycles. The average Bonchev–Trinajstić information content (AvgIpc) is 2.57. The molecule has 0 fully saturated rings. The maximum Gasteiger partial charge on any atom is 0.265 e. The predicted molar refractivity (Wildman–Crippen MR) is 100 cm³/mol. The number of aromatic hydroxyl groups is 1. The van der Waals surface area contributed by atoms with Crippen LogP contribution in [0.15, 0.2) is 52.3 Å². The fourth-order valence-corrected chi connectivity index (χ4v) is 3.02. The van der Waals surface area contributed by atoms with Crippen LogP contribution in [0.25, 0.3) is 16.5 Å². The molecule has 0 aliphatic rings. The fraction of sp³-hybridized carbons (Fsp3) is 0.200. The van der Waals surface area contributed by atoms with Crippen molar-refractivity contribution in [3.05, 3.63) is 69.5 Å². The summed E-state index contributed by atoms with van der Waals surface area (Å²) in [7, 11) is 0. The van der Waals surface area contributed by atoms with Crippen molar-refractivity contribution in [2.75, 3.05) is 13.2 Å². The van der Waals surface area contributed by atoms with E-state index in [2.05, 4.69) is 4.99 Å². The van der Waals surface area contributed by atoms with E-state index in [1.165, 1.54) is 10.8 Å². The predicted octanol–water partition coefficient (Wildman–Crippen LogP) is 2.72. The number of fused-ring (bicyclic) bond motifs is 1. The molecular formula is C20H20N2O3. The lowest BCUT2D eigenvalue weighted by atomic mass is 10.1. The monoisotopic (exact) mass is 336 g/mol. The zero-order valence-corrected chi connectivity index (χ0v) is 14.2. The number of hydrogen-bond acceptors (Lipinski definition) is 4. The SMILES string of the molecule is Cc1cc(C)cc(-n2c(O)c(C=NCCO)c3ccccc3c2=O)c1. The molecule has 25 heavy (non-hydrogen) atoms. The fourth-order valence-electron chi connectivity index (χ4n) is 3.02. The number of benzene rings is 2. The minimum absolute atomic E-state index is 0.0775. The topological polar surface area (TPSA) is 74.8 Å². The summed E-state index contributed by atoms with van der Waals surface area (Å²) in [4.78, 5) is 17.1. The number of pyridine rings is 1. The quantitative estimate of drug-likeness (QED) is 0.719. The third-order valence-electron chi connectivity index (χ3n) is 4.02. The van der Waals surface area contributed by atoms with Crippen LogP contribution in [0.3, 0.4) is 0 Å². The Bertz CT molecular complexity index is 999. The van der Waals surface area contributed by atoms with Crippen LogP contribution >= 0.6 is 0 Å². The van der Waals surface area contributed by atoms with Crippen molar-refractivity contribution in [1.82, 2.24) is 4.57 Å². The molecule has 1 heterocycles. The van der Waals surface area contributed by atoms with Crippen LogP contribution in [0.2, 0.25) is 0 Å². The van der Waals surface area contributed by atoms with Gasteiger partial charge in [-0.3, -0.25) is 9.79 Å². The lowest BCUT2D eigenvalue weighted by molar-refractivity contribution is 0.307. The van der Waals surface area contributed by atoms with Gasteiger partial charge in [-0.25, -0.2) is 4.57 Å². The number of aromatic nitrogens is 1. The summed E-state index contributed by atoms with van der Waals surface area (Å²) < 4.78 is 1.31. The van der Waals surface area contributed by atoms with Gasteiger partial charge in [0.25, 0.3) is 5.56 Å². The van der Waals surface area contributed by atoms with E-state index in [-0.39, 0.29) is 24.6 Å². The Kier molecular flexibility index (Phi) is 4.67. The normalized spacial score (nSPS) is 11.5. The molecule has 5 nitrogen and oxygen atoms in total. The van der Waals surface area contributed by atoms with Gasteiger partial charge in [-0.2, -0.15) is 0 Å². The van der Waals surface area contributed by atoms with Crippen LogP contribution in [0.5, 0.6) is 5.88 Å². The van der Waals surface area contributed by atoms with Gasteiger partial charge in [-0.05, 0) is 43.2 Å². The van der Waals surface area contributed by atoms with E-state index >= 15 is 0 Å².